The fourth-order valence-electron chi connectivity index (χ4n) is 1.35. The van der Waals surface area contributed by atoms with Gasteiger partial charge in [0.15, 0.2) is 0 Å². The Hall–Kier alpha value is 2.15. The second-order valence-corrected chi connectivity index (χ2v) is 15.3. The molecule has 0 spiro atoms. The van der Waals surface area contributed by atoms with E-state index in [1.165, 1.54) is 51.4 Å². The molecule has 0 aromatic carbocycles. The van der Waals surface area contributed by atoms with Crippen LogP contribution in [-0.4, -0.2) is 5.98 Å². The Morgan fingerprint density at radius 3 is 1.57 bits per heavy atom. The monoisotopic (exact) mass is 535 g/mol. The maximum absolute atomic E-state index is 5.44. The third-order valence-corrected chi connectivity index (χ3v) is 3.78. The molecular weight excluding hydrogens is 515 g/mol. The summed E-state index contributed by atoms with van der Waals surface area (Å²) >= 11 is 7.55. The number of hydrogen-bond donors (Lipinski definition) is 1. The summed E-state index contributed by atoms with van der Waals surface area (Å²) in [6.45, 7) is 0.862. The fourth-order valence-corrected chi connectivity index (χ4v) is 2.50. The summed E-state index contributed by atoms with van der Waals surface area (Å²) in [5.74, 6) is 0. The zero-order valence-corrected chi connectivity index (χ0v) is 15.0. The van der Waals surface area contributed by atoms with Gasteiger partial charge in [0.25, 0.3) is 0 Å². The Morgan fingerprint density at radius 2 is 1.14 bits per heavy atom. The van der Waals surface area contributed by atoms with Crippen molar-refractivity contribution in [3.63, 3.8) is 0 Å². The molecule has 0 saturated heterocycles. The van der Waals surface area contributed by atoms with Gasteiger partial charge in [-0.05, 0) is 19.4 Å². The number of halogens is 3. The quantitative estimate of drug-likeness (QED) is 0.251. The van der Waals surface area contributed by atoms with Gasteiger partial charge >= 0.3 is 0 Å². The molecule has 0 bridgehead atoms. The summed E-state index contributed by atoms with van der Waals surface area (Å²) in [4.78, 5) is 0. The standard InChI is InChI=1S/C10H20I3N/c11-10(12,13)8-6-4-2-1-3-5-7-9-14/h1-9,14H2. The van der Waals surface area contributed by atoms with Gasteiger partial charge in [-0.15, -0.1) is 0 Å². The van der Waals surface area contributed by atoms with E-state index < -0.39 is 0 Å². The minimum Gasteiger partial charge on any atom is -0.330 e. The Kier molecular flexibility index (Phi) is 11.9. The summed E-state index contributed by atoms with van der Waals surface area (Å²) < 4.78 is 0.437. The fraction of sp³-hybridized carbons (Fsp3) is 1.00. The number of rotatable bonds is 9. The number of hydrogen-bond acceptors (Lipinski definition) is 1. The molecular formula is C10H20I3N. The van der Waals surface area contributed by atoms with E-state index in [1.54, 1.807) is 0 Å². The molecule has 0 rings (SSSR count). The molecule has 0 radical (unpaired) electrons. The highest BCUT2D eigenvalue weighted by Gasteiger charge is 2.15. The van der Waals surface area contributed by atoms with E-state index in [9.17, 15) is 0 Å². The van der Waals surface area contributed by atoms with Gasteiger partial charge in [-0.2, -0.15) is 0 Å². The smallest absolute Gasteiger partial charge is 0.124 e. The second kappa shape index (κ2) is 10.3. The Balaban J connectivity index is 2.99. The van der Waals surface area contributed by atoms with Gasteiger partial charge in [0.05, 0.1) is 0 Å². The molecule has 0 aliphatic rings. The van der Waals surface area contributed by atoms with E-state index in [1.807, 2.05) is 0 Å². The SMILES string of the molecule is NCCCCCCCCCC(I)(I)I. The Bertz CT molecular complexity index is 123. The van der Waals surface area contributed by atoms with Crippen LogP contribution in [0.15, 0.2) is 0 Å². The van der Waals surface area contributed by atoms with Crippen LogP contribution in [0.4, 0.5) is 0 Å². The highest BCUT2D eigenvalue weighted by molar-refractivity contribution is 14.3. The van der Waals surface area contributed by atoms with Gasteiger partial charge in [-0.3, -0.25) is 0 Å². The van der Waals surface area contributed by atoms with Crippen LogP contribution in [0.5, 0.6) is 0 Å². The van der Waals surface area contributed by atoms with Crippen molar-refractivity contribution in [2.75, 3.05) is 6.54 Å². The van der Waals surface area contributed by atoms with Crippen LogP contribution >= 0.6 is 67.8 Å². The van der Waals surface area contributed by atoms with E-state index in [4.69, 9.17) is 5.73 Å². The molecule has 0 unspecified atom stereocenters. The zero-order valence-electron chi connectivity index (χ0n) is 8.58. The summed E-state index contributed by atoms with van der Waals surface area (Å²) in [6, 6.07) is 0. The summed E-state index contributed by atoms with van der Waals surface area (Å²) in [5, 5.41) is 0. The summed E-state index contributed by atoms with van der Waals surface area (Å²) in [7, 11) is 0. The van der Waals surface area contributed by atoms with E-state index in [-0.39, 0.29) is 0 Å². The molecule has 4 heteroatoms. The first kappa shape index (κ1) is 16.1. The van der Waals surface area contributed by atoms with E-state index in [2.05, 4.69) is 67.8 Å². The molecule has 0 atom stereocenters. The van der Waals surface area contributed by atoms with E-state index >= 15 is 0 Å². The molecule has 0 aliphatic carbocycles. The van der Waals surface area contributed by atoms with Crippen molar-refractivity contribution in [2.45, 2.75) is 50.8 Å². The van der Waals surface area contributed by atoms with Gasteiger partial charge in [0, 0.05) is 0 Å². The highest BCUT2D eigenvalue weighted by Crippen LogP contribution is 2.40. The lowest BCUT2D eigenvalue weighted by Crippen LogP contribution is -1.98. The molecule has 86 valence electrons. The van der Waals surface area contributed by atoms with E-state index in [0.717, 1.165) is 6.54 Å². The van der Waals surface area contributed by atoms with Crippen LogP contribution in [-0.2, 0) is 0 Å². The number of alkyl halides is 3. The first-order valence-electron chi connectivity index (χ1n) is 5.33. The minimum atomic E-state index is 0.437. The summed E-state index contributed by atoms with van der Waals surface area (Å²) in [5.41, 5.74) is 5.44. The minimum absolute atomic E-state index is 0.437. The van der Waals surface area contributed by atoms with Crippen molar-refractivity contribution < 1.29 is 0 Å². The van der Waals surface area contributed by atoms with Crippen molar-refractivity contribution in [3.05, 3.63) is 0 Å². The van der Waals surface area contributed by atoms with Gasteiger partial charge in [0.1, 0.15) is -0.565 Å². The lowest BCUT2D eigenvalue weighted by Gasteiger charge is -2.11. The first-order valence-corrected chi connectivity index (χ1v) is 8.56. The van der Waals surface area contributed by atoms with Crippen LogP contribution in [0.25, 0.3) is 0 Å². The maximum Gasteiger partial charge on any atom is 0.124 e. The average Bonchev–Trinajstić information content (AvgIpc) is 2.08. The molecule has 0 amide bonds. The highest BCUT2D eigenvalue weighted by atomic mass is 127. The molecule has 0 aromatic rings. The molecule has 1 nitrogen and oxygen atoms in total. The number of unbranched alkanes of at least 4 members (excludes halogenated alkanes) is 6. The predicted octanol–water partition coefficient (Wildman–Crippen LogP) is 5.02. The molecule has 2 N–H and O–H groups in total. The topological polar surface area (TPSA) is 26.0 Å². The zero-order chi connectivity index (χ0) is 10.9. The van der Waals surface area contributed by atoms with Crippen molar-refractivity contribution in [1.29, 1.82) is 0 Å². The lowest BCUT2D eigenvalue weighted by atomic mass is 10.1. The molecule has 0 fully saturated rings. The third kappa shape index (κ3) is 14.1. The van der Waals surface area contributed by atoms with Crippen molar-refractivity contribution in [3.8, 4) is 0 Å². The predicted molar refractivity (Wildman–Crippen MR) is 90.8 cm³/mol. The lowest BCUT2D eigenvalue weighted by molar-refractivity contribution is 0.578. The number of nitrogens with two attached hydrogens (primary N) is 1. The second-order valence-electron chi connectivity index (χ2n) is 3.63. The average molecular weight is 535 g/mol. The van der Waals surface area contributed by atoms with Crippen molar-refractivity contribution in [1.82, 2.24) is 0 Å². The Labute approximate surface area is 129 Å². The molecule has 14 heavy (non-hydrogen) atoms. The van der Waals surface area contributed by atoms with Crippen LogP contribution in [0.1, 0.15) is 51.4 Å². The van der Waals surface area contributed by atoms with Gasteiger partial charge in [-0.25, -0.2) is 0 Å². The molecule has 0 heterocycles. The van der Waals surface area contributed by atoms with Crippen LogP contribution in [0.3, 0.4) is 0 Å². The maximum atomic E-state index is 5.44. The van der Waals surface area contributed by atoms with Gasteiger partial charge in [0.2, 0.25) is 0 Å². The molecule has 0 saturated carbocycles. The van der Waals surface area contributed by atoms with Gasteiger partial charge < -0.3 is 5.73 Å². The normalized spacial score (nSPS) is 12.0. The van der Waals surface area contributed by atoms with Crippen LogP contribution < -0.4 is 5.73 Å². The summed E-state index contributed by atoms with van der Waals surface area (Å²) in [6.07, 6.45) is 10.8. The van der Waals surface area contributed by atoms with E-state index in [0.29, 0.717) is -0.565 Å². The largest absolute Gasteiger partial charge is 0.330 e. The van der Waals surface area contributed by atoms with Crippen LogP contribution in [0, 0.1) is 0 Å². The van der Waals surface area contributed by atoms with Crippen molar-refractivity contribution in [2.24, 2.45) is 5.73 Å². The first-order chi connectivity index (χ1) is 6.56. The Morgan fingerprint density at radius 1 is 0.714 bits per heavy atom. The molecule has 0 aliphatic heterocycles. The van der Waals surface area contributed by atoms with Gasteiger partial charge in [-0.1, -0.05) is 106 Å². The molecule has 0 aromatic heterocycles. The van der Waals surface area contributed by atoms with Crippen LogP contribution in [0.2, 0.25) is 0 Å². The van der Waals surface area contributed by atoms with Crippen molar-refractivity contribution >= 4 is 67.8 Å². The third-order valence-electron chi connectivity index (χ3n) is 2.16.